The van der Waals surface area contributed by atoms with Crippen molar-refractivity contribution >= 4 is 11.8 Å². The summed E-state index contributed by atoms with van der Waals surface area (Å²) >= 11 is 2.27. The van der Waals surface area contributed by atoms with Crippen molar-refractivity contribution < 1.29 is 4.74 Å². The topological polar surface area (TPSA) is 9.23 Å². The van der Waals surface area contributed by atoms with Gasteiger partial charge in [0.05, 0.1) is 15.6 Å². The van der Waals surface area contributed by atoms with Gasteiger partial charge >= 0.3 is 0 Å². The molecular formula is C27H28OS. The summed E-state index contributed by atoms with van der Waals surface area (Å²) < 4.78 is 6.60. The molecule has 1 nitrogen and oxygen atoms in total. The molecule has 1 heterocycles. The number of thioether (sulfide) groups is 1. The second kappa shape index (κ2) is 5.80. The molecule has 0 N–H and O–H groups in total. The van der Waals surface area contributed by atoms with E-state index in [1.165, 1.54) is 51.4 Å². The van der Waals surface area contributed by atoms with E-state index in [2.05, 4.69) is 48.2 Å². The Hall–Kier alpha value is -1.51. The molecule has 2 atom stereocenters. The zero-order valence-electron chi connectivity index (χ0n) is 17.2. The van der Waals surface area contributed by atoms with Crippen LogP contribution in [0.1, 0.15) is 60.8 Å². The minimum atomic E-state index is 0.119. The molecule has 2 heteroatoms. The Morgan fingerprint density at radius 1 is 0.897 bits per heavy atom. The summed E-state index contributed by atoms with van der Waals surface area (Å²) in [4.78, 5) is 0. The van der Waals surface area contributed by atoms with Crippen LogP contribution in [-0.2, 0) is 28.7 Å². The SMILES string of the molecule is CO[C@H]1Cc2ccc3c(c2[C@@]12SC21C2=C(C=CCC2)C2=C1CCC=C2)CCCC3. The van der Waals surface area contributed by atoms with E-state index in [4.69, 9.17) is 4.74 Å². The van der Waals surface area contributed by atoms with E-state index >= 15 is 0 Å². The number of hydrogen-bond acceptors (Lipinski definition) is 2. The Morgan fingerprint density at radius 2 is 1.59 bits per heavy atom. The summed E-state index contributed by atoms with van der Waals surface area (Å²) in [5, 5.41) is 0. The molecule has 0 bridgehead atoms. The number of allylic oxidation sites excluding steroid dienone is 6. The Balaban J connectivity index is 1.50. The third kappa shape index (κ3) is 1.90. The van der Waals surface area contributed by atoms with Crippen LogP contribution in [0.15, 0.2) is 58.7 Å². The molecule has 148 valence electrons. The van der Waals surface area contributed by atoms with Gasteiger partial charge < -0.3 is 4.74 Å². The zero-order chi connectivity index (χ0) is 19.2. The van der Waals surface area contributed by atoms with Crippen molar-refractivity contribution in [2.24, 2.45) is 0 Å². The van der Waals surface area contributed by atoms with Gasteiger partial charge in [0.1, 0.15) is 0 Å². The van der Waals surface area contributed by atoms with Crippen molar-refractivity contribution in [3.05, 3.63) is 81.0 Å². The van der Waals surface area contributed by atoms with Crippen LogP contribution >= 0.6 is 11.8 Å². The van der Waals surface area contributed by atoms with Crippen LogP contribution in [0.3, 0.4) is 0 Å². The van der Waals surface area contributed by atoms with Gasteiger partial charge in [-0.25, -0.2) is 0 Å². The molecule has 1 fully saturated rings. The van der Waals surface area contributed by atoms with Crippen molar-refractivity contribution in [2.75, 3.05) is 7.11 Å². The fraction of sp³-hybridized carbons (Fsp3) is 0.481. The third-order valence-corrected chi connectivity index (χ3v) is 10.4. The normalized spacial score (nSPS) is 32.7. The second-order valence-electron chi connectivity index (χ2n) is 9.56. The molecule has 0 unspecified atom stereocenters. The maximum absolute atomic E-state index is 6.31. The highest BCUT2D eigenvalue weighted by atomic mass is 32.2. The van der Waals surface area contributed by atoms with Gasteiger partial charge in [-0.1, -0.05) is 36.4 Å². The Labute approximate surface area is 178 Å². The molecule has 5 aliphatic carbocycles. The quantitative estimate of drug-likeness (QED) is 0.525. The second-order valence-corrected chi connectivity index (χ2v) is 11.0. The zero-order valence-corrected chi connectivity index (χ0v) is 18.0. The van der Waals surface area contributed by atoms with E-state index in [-0.39, 0.29) is 9.49 Å². The molecule has 0 aromatic heterocycles. The molecule has 0 radical (unpaired) electrons. The summed E-state index contributed by atoms with van der Waals surface area (Å²) in [5.41, 5.74) is 13.2. The Bertz CT molecular complexity index is 1030. The predicted molar refractivity (Wildman–Crippen MR) is 120 cm³/mol. The molecule has 1 aromatic rings. The number of aryl methyl sites for hydroxylation is 1. The van der Waals surface area contributed by atoms with Gasteiger partial charge in [-0.2, -0.15) is 0 Å². The lowest BCUT2D eigenvalue weighted by atomic mass is 9.72. The van der Waals surface area contributed by atoms with Crippen LogP contribution in [0, 0.1) is 0 Å². The lowest BCUT2D eigenvalue weighted by Crippen LogP contribution is -2.36. The third-order valence-electron chi connectivity index (χ3n) is 8.41. The lowest BCUT2D eigenvalue weighted by Gasteiger charge is -2.30. The molecule has 1 aliphatic heterocycles. The van der Waals surface area contributed by atoms with E-state index in [0.29, 0.717) is 6.10 Å². The monoisotopic (exact) mass is 400 g/mol. The molecule has 1 saturated heterocycles. The van der Waals surface area contributed by atoms with Crippen molar-refractivity contribution in [1.29, 1.82) is 0 Å². The van der Waals surface area contributed by atoms with Gasteiger partial charge in [0.15, 0.2) is 0 Å². The Morgan fingerprint density at radius 3 is 2.31 bits per heavy atom. The summed E-state index contributed by atoms with van der Waals surface area (Å²) in [5.74, 6) is 0. The van der Waals surface area contributed by atoms with Crippen molar-refractivity contribution in [3.8, 4) is 0 Å². The summed E-state index contributed by atoms with van der Waals surface area (Å²) in [6.45, 7) is 0. The fourth-order valence-electron chi connectivity index (χ4n) is 7.32. The summed E-state index contributed by atoms with van der Waals surface area (Å²) in [6.07, 6.45) is 21.1. The first kappa shape index (κ1) is 17.2. The minimum Gasteiger partial charge on any atom is -0.379 e. The van der Waals surface area contributed by atoms with Crippen LogP contribution in [0.5, 0.6) is 0 Å². The summed E-state index contributed by atoms with van der Waals surface area (Å²) in [6, 6.07) is 4.89. The van der Waals surface area contributed by atoms with E-state index < -0.39 is 0 Å². The molecule has 7 rings (SSSR count). The minimum absolute atomic E-state index is 0.119. The van der Waals surface area contributed by atoms with Gasteiger partial charge in [0.2, 0.25) is 0 Å². The molecule has 2 spiro atoms. The largest absolute Gasteiger partial charge is 0.379 e. The smallest absolute Gasteiger partial charge is 0.0913 e. The first-order chi connectivity index (χ1) is 14.3. The average Bonchev–Trinajstić information content (AvgIpc) is 3.24. The summed E-state index contributed by atoms with van der Waals surface area (Å²) in [7, 11) is 1.96. The van der Waals surface area contributed by atoms with Gasteiger partial charge in [-0.05, 0) is 95.9 Å². The number of hydrogen-bond donors (Lipinski definition) is 0. The van der Waals surface area contributed by atoms with Gasteiger partial charge in [-0.15, -0.1) is 11.8 Å². The number of fused-ring (bicyclic) bond motifs is 8. The maximum atomic E-state index is 6.31. The van der Waals surface area contributed by atoms with Crippen LogP contribution in [0.25, 0.3) is 0 Å². The van der Waals surface area contributed by atoms with E-state index in [1.54, 1.807) is 44.5 Å². The van der Waals surface area contributed by atoms with Crippen LogP contribution in [0.4, 0.5) is 0 Å². The molecule has 0 amide bonds. The number of ether oxygens (including phenoxy) is 1. The van der Waals surface area contributed by atoms with Crippen molar-refractivity contribution in [2.45, 2.75) is 73.4 Å². The number of benzene rings is 1. The highest BCUT2D eigenvalue weighted by Crippen LogP contribution is 2.84. The van der Waals surface area contributed by atoms with Crippen LogP contribution in [0.2, 0.25) is 0 Å². The van der Waals surface area contributed by atoms with E-state index in [1.807, 2.05) is 7.11 Å². The van der Waals surface area contributed by atoms with Crippen LogP contribution in [-0.4, -0.2) is 18.0 Å². The lowest BCUT2D eigenvalue weighted by molar-refractivity contribution is 0.0833. The standard InChI is InChI=1S/C27H28OS/c1-28-24-16-18-15-14-17-8-2-3-9-19(17)25(18)27(24)26(29-27)22-12-6-4-10-20(22)21-11-5-7-13-23(21)26/h4-5,10-11,14-15,24H,2-3,6-9,12-13,16H2,1H3/t24-,27-/m0/s1. The fourth-order valence-corrected chi connectivity index (χ4v) is 9.57. The van der Waals surface area contributed by atoms with Crippen molar-refractivity contribution in [3.63, 3.8) is 0 Å². The molecule has 6 aliphatic rings. The number of rotatable bonds is 1. The average molecular weight is 401 g/mol. The highest BCUT2D eigenvalue weighted by Gasteiger charge is 2.80. The van der Waals surface area contributed by atoms with Gasteiger partial charge in [0.25, 0.3) is 0 Å². The maximum Gasteiger partial charge on any atom is 0.0913 e. The predicted octanol–water partition coefficient (Wildman–Crippen LogP) is 6.12. The first-order valence-electron chi connectivity index (χ1n) is 11.5. The molecule has 1 aromatic carbocycles. The molecule has 0 saturated carbocycles. The Kier molecular flexibility index (Phi) is 3.44. The first-order valence-corrected chi connectivity index (χ1v) is 12.3. The van der Waals surface area contributed by atoms with Crippen LogP contribution < -0.4 is 0 Å². The van der Waals surface area contributed by atoms with Crippen molar-refractivity contribution in [1.82, 2.24) is 0 Å². The van der Waals surface area contributed by atoms with E-state index in [9.17, 15) is 0 Å². The van der Waals surface area contributed by atoms with Gasteiger partial charge in [-0.3, -0.25) is 0 Å². The van der Waals surface area contributed by atoms with E-state index in [0.717, 1.165) is 6.42 Å². The molecule has 29 heavy (non-hydrogen) atoms. The molecular weight excluding hydrogens is 372 g/mol. The highest BCUT2D eigenvalue weighted by molar-refractivity contribution is 8.09. The van der Waals surface area contributed by atoms with Gasteiger partial charge in [0, 0.05) is 13.5 Å². The number of methoxy groups -OCH3 is 1.